The van der Waals surface area contributed by atoms with Crippen LogP contribution in [-0.2, 0) is 0 Å². The molecule has 0 aliphatic heterocycles. The number of methoxy groups -OCH3 is 1. The second-order valence-electron chi connectivity index (χ2n) is 3.75. The monoisotopic (exact) mass is 236 g/mol. The molecule has 0 aliphatic carbocycles. The first-order valence-electron chi connectivity index (χ1n) is 5.97. The average molecular weight is 236 g/mol. The van der Waals surface area contributed by atoms with Gasteiger partial charge < -0.3 is 9.64 Å². The summed E-state index contributed by atoms with van der Waals surface area (Å²) in [6, 6.07) is 3.53. The number of Topliss-reactive ketones (excluding diaryl/α,β-unsaturated/α-hetero) is 1. The maximum Gasteiger partial charge on any atom is 0.186 e. The van der Waals surface area contributed by atoms with Gasteiger partial charge in [0.25, 0.3) is 0 Å². The molecule has 0 aliphatic rings. The standard InChI is InChI=1S/C13H20N2O2/c1-4-15(5-2)10-8-11(16)13-12(17-3)7-6-9-14-13/h6-7,9H,4-5,8,10H2,1-3H3. The van der Waals surface area contributed by atoms with E-state index in [4.69, 9.17) is 4.74 Å². The summed E-state index contributed by atoms with van der Waals surface area (Å²) in [4.78, 5) is 18.3. The Morgan fingerprint density at radius 3 is 2.71 bits per heavy atom. The minimum atomic E-state index is 0.0364. The maximum atomic E-state index is 12.0. The molecule has 1 aromatic rings. The molecule has 0 radical (unpaired) electrons. The van der Waals surface area contributed by atoms with Gasteiger partial charge in [-0.05, 0) is 25.2 Å². The minimum absolute atomic E-state index is 0.0364. The van der Waals surface area contributed by atoms with Crippen LogP contribution in [0.15, 0.2) is 18.3 Å². The maximum absolute atomic E-state index is 12.0. The van der Waals surface area contributed by atoms with Crippen molar-refractivity contribution in [1.29, 1.82) is 0 Å². The largest absolute Gasteiger partial charge is 0.494 e. The highest BCUT2D eigenvalue weighted by Gasteiger charge is 2.13. The molecule has 0 amide bonds. The smallest absolute Gasteiger partial charge is 0.186 e. The zero-order chi connectivity index (χ0) is 12.7. The number of hydrogen-bond acceptors (Lipinski definition) is 4. The van der Waals surface area contributed by atoms with Gasteiger partial charge in [-0.25, -0.2) is 4.98 Å². The number of carbonyl (C=O) groups excluding carboxylic acids is 1. The first kappa shape index (κ1) is 13.6. The lowest BCUT2D eigenvalue weighted by molar-refractivity contribution is 0.0958. The molecular formula is C13H20N2O2. The van der Waals surface area contributed by atoms with Gasteiger partial charge in [-0.2, -0.15) is 0 Å². The fourth-order valence-electron chi connectivity index (χ4n) is 1.68. The first-order chi connectivity index (χ1) is 8.22. The minimum Gasteiger partial charge on any atom is -0.494 e. The van der Waals surface area contributed by atoms with Crippen LogP contribution in [0.3, 0.4) is 0 Å². The highest BCUT2D eigenvalue weighted by Crippen LogP contribution is 2.16. The van der Waals surface area contributed by atoms with Gasteiger partial charge in [0.2, 0.25) is 0 Å². The van der Waals surface area contributed by atoms with Gasteiger partial charge in [0.15, 0.2) is 5.78 Å². The number of hydrogen-bond donors (Lipinski definition) is 0. The molecule has 17 heavy (non-hydrogen) atoms. The van der Waals surface area contributed by atoms with E-state index in [2.05, 4.69) is 23.7 Å². The molecule has 4 heteroatoms. The van der Waals surface area contributed by atoms with Gasteiger partial charge in [-0.3, -0.25) is 4.79 Å². The van der Waals surface area contributed by atoms with Crippen molar-refractivity contribution in [3.05, 3.63) is 24.0 Å². The second-order valence-corrected chi connectivity index (χ2v) is 3.75. The number of rotatable bonds is 7. The van der Waals surface area contributed by atoms with Gasteiger partial charge in [0.05, 0.1) is 7.11 Å². The van der Waals surface area contributed by atoms with E-state index in [1.54, 1.807) is 25.4 Å². The van der Waals surface area contributed by atoms with Crippen molar-refractivity contribution < 1.29 is 9.53 Å². The van der Waals surface area contributed by atoms with Crippen molar-refractivity contribution in [1.82, 2.24) is 9.88 Å². The molecule has 4 nitrogen and oxygen atoms in total. The van der Waals surface area contributed by atoms with E-state index in [0.29, 0.717) is 17.9 Å². The molecule has 0 aromatic carbocycles. The number of pyridine rings is 1. The van der Waals surface area contributed by atoms with Crippen LogP contribution in [0.25, 0.3) is 0 Å². The number of aromatic nitrogens is 1. The van der Waals surface area contributed by atoms with E-state index < -0.39 is 0 Å². The number of ether oxygens (including phenoxy) is 1. The third kappa shape index (κ3) is 3.82. The second kappa shape index (κ2) is 7.01. The zero-order valence-electron chi connectivity index (χ0n) is 10.8. The molecule has 0 bridgehead atoms. The molecule has 1 rings (SSSR count). The fourth-order valence-corrected chi connectivity index (χ4v) is 1.68. The predicted molar refractivity (Wildman–Crippen MR) is 67.5 cm³/mol. The lowest BCUT2D eigenvalue weighted by Gasteiger charge is -2.17. The Morgan fingerprint density at radius 1 is 1.41 bits per heavy atom. The Bertz CT molecular complexity index is 362. The Labute approximate surface area is 103 Å². The quantitative estimate of drug-likeness (QED) is 0.679. The fraction of sp³-hybridized carbons (Fsp3) is 0.538. The molecule has 1 heterocycles. The van der Waals surface area contributed by atoms with Crippen LogP contribution in [0.5, 0.6) is 5.75 Å². The normalized spacial score (nSPS) is 10.6. The molecule has 0 unspecified atom stereocenters. The van der Waals surface area contributed by atoms with Gasteiger partial charge in [-0.15, -0.1) is 0 Å². The number of ketones is 1. The highest BCUT2D eigenvalue weighted by molar-refractivity contribution is 5.96. The Balaban J connectivity index is 2.63. The van der Waals surface area contributed by atoms with Crippen LogP contribution in [0.1, 0.15) is 30.8 Å². The van der Waals surface area contributed by atoms with Crippen molar-refractivity contribution in [2.45, 2.75) is 20.3 Å². The summed E-state index contributed by atoms with van der Waals surface area (Å²) >= 11 is 0. The van der Waals surface area contributed by atoms with E-state index in [-0.39, 0.29) is 5.78 Å². The predicted octanol–water partition coefficient (Wildman–Crippen LogP) is 2.00. The summed E-state index contributed by atoms with van der Waals surface area (Å²) in [6.07, 6.45) is 2.10. The van der Waals surface area contributed by atoms with Crippen molar-refractivity contribution in [2.24, 2.45) is 0 Å². The summed E-state index contributed by atoms with van der Waals surface area (Å²) in [6.45, 7) is 6.88. The molecule has 0 saturated heterocycles. The molecular weight excluding hydrogens is 216 g/mol. The molecule has 0 N–H and O–H groups in total. The molecule has 0 spiro atoms. The molecule has 0 atom stereocenters. The van der Waals surface area contributed by atoms with Crippen LogP contribution in [0.2, 0.25) is 0 Å². The van der Waals surface area contributed by atoms with E-state index in [1.807, 2.05) is 0 Å². The summed E-state index contributed by atoms with van der Waals surface area (Å²) in [5.41, 5.74) is 0.433. The van der Waals surface area contributed by atoms with E-state index in [1.165, 1.54) is 0 Å². The summed E-state index contributed by atoms with van der Waals surface area (Å²) in [7, 11) is 1.55. The molecule has 0 fully saturated rings. The Kier molecular flexibility index (Phi) is 5.63. The Morgan fingerprint density at radius 2 is 2.12 bits per heavy atom. The van der Waals surface area contributed by atoms with Gasteiger partial charge >= 0.3 is 0 Å². The summed E-state index contributed by atoms with van der Waals surface area (Å²) in [5.74, 6) is 0.589. The van der Waals surface area contributed by atoms with Crippen molar-refractivity contribution in [3.63, 3.8) is 0 Å². The highest BCUT2D eigenvalue weighted by atomic mass is 16.5. The van der Waals surface area contributed by atoms with Crippen molar-refractivity contribution in [3.8, 4) is 5.75 Å². The van der Waals surface area contributed by atoms with Gasteiger partial charge in [0.1, 0.15) is 11.4 Å². The zero-order valence-corrected chi connectivity index (χ0v) is 10.8. The van der Waals surface area contributed by atoms with Gasteiger partial charge in [-0.1, -0.05) is 13.8 Å². The lowest BCUT2D eigenvalue weighted by atomic mass is 10.1. The van der Waals surface area contributed by atoms with Crippen LogP contribution in [0, 0.1) is 0 Å². The topological polar surface area (TPSA) is 42.4 Å². The van der Waals surface area contributed by atoms with Crippen molar-refractivity contribution >= 4 is 5.78 Å². The van der Waals surface area contributed by atoms with E-state index >= 15 is 0 Å². The van der Waals surface area contributed by atoms with E-state index in [9.17, 15) is 4.79 Å². The van der Waals surface area contributed by atoms with Crippen molar-refractivity contribution in [2.75, 3.05) is 26.7 Å². The number of carbonyl (C=O) groups is 1. The third-order valence-electron chi connectivity index (χ3n) is 2.80. The molecule has 1 aromatic heterocycles. The SMILES string of the molecule is CCN(CC)CCC(=O)c1ncccc1OC. The first-order valence-corrected chi connectivity index (χ1v) is 5.97. The average Bonchev–Trinajstić information content (AvgIpc) is 2.39. The van der Waals surface area contributed by atoms with Crippen LogP contribution < -0.4 is 4.74 Å². The van der Waals surface area contributed by atoms with Gasteiger partial charge in [0, 0.05) is 19.2 Å². The summed E-state index contributed by atoms with van der Waals surface area (Å²) < 4.78 is 5.13. The van der Waals surface area contributed by atoms with E-state index in [0.717, 1.165) is 19.6 Å². The lowest BCUT2D eigenvalue weighted by Crippen LogP contribution is -2.26. The molecule has 0 saturated carbocycles. The van der Waals surface area contributed by atoms with Crippen LogP contribution >= 0.6 is 0 Å². The Hall–Kier alpha value is -1.42. The van der Waals surface area contributed by atoms with Crippen LogP contribution in [-0.4, -0.2) is 42.4 Å². The molecule has 94 valence electrons. The third-order valence-corrected chi connectivity index (χ3v) is 2.80. The number of nitrogens with zero attached hydrogens (tertiary/aromatic N) is 2. The summed E-state index contributed by atoms with van der Waals surface area (Å²) in [5, 5.41) is 0. The van der Waals surface area contributed by atoms with Crippen LogP contribution in [0.4, 0.5) is 0 Å².